The van der Waals surface area contributed by atoms with E-state index in [0.29, 0.717) is 14.8 Å². The number of thioether (sulfide) groups is 1. The van der Waals surface area contributed by atoms with Crippen molar-refractivity contribution in [3.05, 3.63) is 64.6 Å². The summed E-state index contributed by atoms with van der Waals surface area (Å²) in [5.41, 5.74) is -0.307. The third-order valence-corrected chi connectivity index (χ3v) is 5.73. The lowest BCUT2D eigenvalue weighted by molar-refractivity contribution is -0.137. The molecule has 2 aromatic carbocycles. The third kappa shape index (κ3) is 5.86. The number of phenolic OH excluding ortho intramolecular Hbond substituents is 1. The number of thiocarbonyl (C=S) groups is 1. The van der Waals surface area contributed by atoms with Crippen LogP contribution in [0.3, 0.4) is 0 Å². The Hall–Kier alpha value is -2.85. The van der Waals surface area contributed by atoms with Crippen molar-refractivity contribution < 1.29 is 27.9 Å². The Morgan fingerprint density at radius 3 is 2.65 bits per heavy atom. The smallest absolute Gasteiger partial charge is 0.416 e. The van der Waals surface area contributed by atoms with Gasteiger partial charge in [-0.2, -0.15) is 13.2 Å². The quantitative estimate of drug-likeness (QED) is 0.462. The van der Waals surface area contributed by atoms with Gasteiger partial charge < -0.3 is 10.4 Å². The van der Waals surface area contributed by atoms with Gasteiger partial charge in [0.1, 0.15) is 10.1 Å². The van der Waals surface area contributed by atoms with Crippen LogP contribution in [0.2, 0.25) is 0 Å². The van der Waals surface area contributed by atoms with Gasteiger partial charge in [0.2, 0.25) is 5.91 Å². The molecule has 0 radical (unpaired) electrons. The summed E-state index contributed by atoms with van der Waals surface area (Å²) in [4.78, 5) is 26.4. The highest BCUT2D eigenvalue weighted by atomic mass is 32.2. The maximum atomic E-state index is 12.8. The fourth-order valence-corrected chi connectivity index (χ4v) is 4.14. The Labute approximate surface area is 185 Å². The number of para-hydroxylation sites is 1. The third-order valence-electron chi connectivity index (χ3n) is 4.36. The molecule has 0 aliphatic carbocycles. The first-order valence-electron chi connectivity index (χ1n) is 9.15. The molecule has 0 saturated carbocycles. The van der Waals surface area contributed by atoms with Crippen molar-refractivity contribution in [1.29, 1.82) is 0 Å². The SMILES string of the molecule is O=C(CCCN1C(=O)/C(=C/c2ccccc2O)SC1=S)Nc1cccc(C(F)(F)F)c1. The second kappa shape index (κ2) is 9.52. The molecular formula is C21H17F3N2O3S2. The zero-order valence-electron chi connectivity index (χ0n) is 16.0. The predicted molar refractivity (Wildman–Crippen MR) is 117 cm³/mol. The molecule has 0 bridgehead atoms. The van der Waals surface area contributed by atoms with Crippen molar-refractivity contribution in [1.82, 2.24) is 4.90 Å². The summed E-state index contributed by atoms with van der Waals surface area (Å²) in [5, 5.41) is 12.3. The summed E-state index contributed by atoms with van der Waals surface area (Å²) in [5.74, 6) is -0.745. The van der Waals surface area contributed by atoms with Gasteiger partial charge in [0.25, 0.3) is 5.91 Å². The summed E-state index contributed by atoms with van der Waals surface area (Å²) in [6, 6.07) is 11.0. The first kappa shape index (κ1) is 22.8. The minimum Gasteiger partial charge on any atom is -0.507 e. The van der Waals surface area contributed by atoms with Crippen LogP contribution in [-0.4, -0.2) is 32.7 Å². The number of nitrogens with zero attached hydrogens (tertiary/aromatic N) is 1. The summed E-state index contributed by atoms with van der Waals surface area (Å²) in [6.45, 7) is 0.193. The van der Waals surface area contributed by atoms with Crippen LogP contribution in [0.15, 0.2) is 53.4 Å². The zero-order valence-corrected chi connectivity index (χ0v) is 17.6. The van der Waals surface area contributed by atoms with Crippen molar-refractivity contribution in [3.63, 3.8) is 0 Å². The van der Waals surface area contributed by atoms with Crippen LogP contribution in [-0.2, 0) is 15.8 Å². The molecule has 1 aliphatic rings. The maximum Gasteiger partial charge on any atom is 0.416 e. The number of carbonyl (C=O) groups excluding carboxylic acids is 2. The van der Waals surface area contributed by atoms with Crippen molar-refractivity contribution in [2.45, 2.75) is 19.0 Å². The number of anilines is 1. The fourth-order valence-electron chi connectivity index (χ4n) is 2.84. The summed E-state index contributed by atoms with van der Waals surface area (Å²) in [6.07, 6.45) is -2.66. The summed E-state index contributed by atoms with van der Waals surface area (Å²) in [7, 11) is 0. The van der Waals surface area contributed by atoms with Crippen LogP contribution in [0.1, 0.15) is 24.0 Å². The Kier molecular flexibility index (Phi) is 7.01. The number of hydrogen-bond donors (Lipinski definition) is 2. The van der Waals surface area contributed by atoms with Gasteiger partial charge in [0, 0.05) is 24.2 Å². The van der Waals surface area contributed by atoms with Crippen LogP contribution < -0.4 is 5.32 Å². The van der Waals surface area contributed by atoms with Gasteiger partial charge in [-0.05, 0) is 36.8 Å². The zero-order chi connectivity index (χ0) is 22.6. The molecular weight excluding hydrogens is 449 g/mol. The van der Waals surface area contributed by atoms with Crippen molar-refractivity contribution >= 4 is 51.9 Å². The second-order valence-electron chi connectivity index (χ2n) is 6.62. The largest absolute Gasteiger partial charge is 0.507 e. The lowest BCUT2D eigenvalue weighted by Crippen LogP contribution is -2.29. The topological polar surface area (TPSA) is 69.6 Å². The van der Waals surface area contributed by atoms with Gasteiger partial charge in [-0.1, -0.05) is 48.2 Å². The van der Waals surface area contributed by atoms with Gasteiger partial charge >= 0.3 is 6.18 Å². The van der Waals surface area contributed by atoms with Gasteiger partial charge in [-0.25, -0.2) is 0 Å². The fraction of sp³-hybridized carbons (Fsp3) is 0.190. The molecule has 0 spiro atoms. The molecule has 5 nitrogen and oxygen atoms in total. The molecule has 2 aromatic rings. The standard InChI is InChI=1S/C21H17F3N2O3S2/c22-21(23,24)14-6-3-7-15(12-14)25-18(28)9-4-10-26-19(29)17(31-20(26)30)11-13-5-1-2-8-16(13)27/h1-3,5-8,11-12,27H,4,9-10H2,(H,25,28)/b17-11-. The molecule has 162 valence electrons. The lowest BCUT2D eigenvalue weighted by atomic mass is 10.2. The highest BCUT2D eigenvalue weighted by Gasteiger charge is 2.32. The molecule has 10 heteroatoms. The van der Waals surface area contributed by atoms with E-state index in [0.717, 1.165) is 23.9 Å². The van der Waals surface area contributed by atoms with Crippen LogP contribution >= 0.6 is 24.0 Å². The van der Waals surface area contributed by atoms with E-state index in [1.807, 2.05) is 0 Å². The average molecular weight is 467 g/mol. The number of amides is 2. The van der Waals surface area contributed by atoms with E-state index in [2.05, 4.69) is 5.32 Å². The minimum absolute atomic E-state index is 0.00578. The highest BCUT2D eigenvalue weighted by molar-refractivity contribution is 8.26. The van der Waals surface area contributed by atoms with Gasteiger partial charge in [-0.15, -0.1) is 0 Å². The van der Waals surface area contributed by atoms with Gasteiger partial charge in [0.05, 0.1) is 10.5 Å². The second-order valence-corrected chi connectivity index (χ2v) is 8.30. The Balaban J connectivity index is 1.55. The van der Waals surface area contributed by atoms with E-state index in [1.165, 1.54) is 23.1 Å². The molecule has 2 N–H and O–H groups in total. The summed E-state index contributed by atoms with van der Waals surface area (Å²) < 4.78 is 38.6. The number of halogens is 3. The number of benzene rings is 2. The number of aromatic hydroxyl groups is 1. The minimum atomic E-state index is -4.49. The molecule has 1 saturated heterocycles. The predicted octanol–water partition coefficient (Wildman–Crippen LogP) is 5.03. The molecule has 1 aliphatic heterocycles. The Morgan fingerprint density at radius 2 is 1.94 bits per heavy atom. The highest BCUT2D eigenvalue weighted by Crippen LogP contribution is 2.34. The molecule has 0 atom stereocenters. The van der Waals surface area contributed by atoms with Crippen molar-refractivity contribution in [2.75, 3.05) is 11.9 Å². The molecule has 2 amide bonds. The van der Waals surface area contributed by atoms with E-state index in [-0.39, 0.29) is 36.7 Å². The normalized spacial score (nSPS) is 15.6. The van der Waals surface area contributed by atoms with E-state index in [9.17, 15) is 27.9 Å². The number of nitrogens with one attached hydrogen (secondary N) is 1. The van der Waals surface area contributed by atoms with E-state index in [4.69, 9.17) is 12.2 Å². The van der Waals surface area contributed by atoms with Gasteiger partial charge in [0.15, 0.2) is 0 Å². The van der Waals surface area contributed by atoms with Gasteiger partial charge in [-0.3, -0.25) is 14.5 Å². The summed E-state index contributed by atoms with van der Waals surface area (Å²) >= 11 is 6.34. The number of hydrogen-bond acceptors (Lipinski definition) is 5. The van der Waals surface area contributed by atoms with Crippen molar-refractivity contribution in [2.24, 2.45) is 0 Å². The maximum absolute atomic E-state index is 12.8. The molecule has 1 heterocycles. The number of rotatable bonds is 6. The van der Waals surface area contributed by atoms with E-state index < -0.39 is 17.6 Å². The Bertz CT molecular complexity index is 1050. The van der Waals surface area contributed by atoms with Crippen LogP contribution in [0, 0.1) is 0 Å². The first-order valence-corrected chi connectivity index (χ1v) is 10.4. The van der Waals surface area contributed by atoms with Crippen molar-refractivity contribution in [3.8, 4) is 5.75 Å². The number of alkyl halides is 3. The molecule has 3 rings (SSSR count). The number of phenols is 1. The molecule has 31 heavy (non-hydrogen) atoms. The van der Waals surface area contributed by atoms with E-state index in [1.54, 1.807) is 24.3 Å². The average Bonchev–Trinajstić information content (AvgIpc) is 2.96. The lowest BCUT2D eigenvalue weighted by Gasteiger charge is -2.14. The van der Waals surface area contributed by atoms with E-state index >= 15 is 0 Å². The Morgan fingerprint density at radius 1 is 1.19 bits per heavy atom. The monoisotopic (exact) mass is 466 g/mol. The molecule has 0 unspecified atom stereocenters. The van der Waals surface area contributed by atoms with Crippen LogP contribution in [0.25, 0.3) is 6.08 Å². The van der Waals surface area contributed by atoms with Crippen LogP contribution in [0.5, 0.6) is 5.75 Å². The first-order chi connectivity index (χ1) is 14.6. The molecule has 1 fully saturated rings. The van der Waals surface area contributed by atoms with Crippen LogP contribution in [0.4, 0.5) is 18.9 Å². The number of carbonyl (C=O) groups is 2. The molecule has 0 aromatic heterocycles.